The van der Waals surface area contributed by atoms with Crippen LogP contribution in [0.5, 0.6) is 0 Å². The van der Waals surface area contributed by atoms with E-state index in [1.165, 1.54) is 0 Å². The number of hydrogen-bond donors (Lipinski definition) is 1. The highest BCUT2D eigenvalue weighted by atomic mass is 16.5. The van der Waals surface area contributed by atoms with Crippen LogP contribution in [0.2, 0.25) is 0 Å². The summed E-state index contributed by atoms with van der Waals surface area (Å²) in [6.45, 7) is 5.75. The van der Waals surface area contributed by atoms with E-state index in [4.69, 9.17) is 4.52 Å². The molecular weight excluding hydrogens is 318 g/mol. The molecule has 2 aromatic heterocycles. The van der Waals surface area contributed by atoms with Crippen LogP contribution in [0.1, 0.15) is 42.2 Å². The molecule has 7 heteroatoms. The summed E-state index contributed by atoms with van der Waals surface area (Å²) in [4.78, 5) is 16.2. The zero-order valence-electron chi connectivity index (χ0n) is 14.6. The fraction of sp³-hybridized carbons (Fsp3) is 0.333. The maximum Gasteiger partial charge on any atom is 0.227 e. The molecule has 130 valence electrons. The molecular formula is C18H21N5O2. The number of carbonyl (C=O) groups is 1. The average molecular weight is 339 g/mol. The quantitative estimate of drug-likeness (QED) is 0.746. The molecule has 3 aromatic rings. The zero-order chi connectivity index (χ0) is 17.8. The Morgan fingerprint density at radius 2 is 2.04 bits per heavy atom. The van der Waals surface area contributed by atoms with Crippen LogP contribution in [0.4, 0.5) is 5.82 Å². The smallest absolute Gasteiger partial charge is 0.227 e. The molecule has 1 N–H and O–H groups in total. The minimum absolute atomic E-state index is 0.0897. The molecule has 0 aliphatic carbocycles. The van der Waals surface area contributed by atoms with E-state index in [9.17, 15) is 4.79 Å². The lowest BCUT2D eigenvalue weighted by molar-refractivity contribution is -0.116. The number of hydrogen-bond acceptors (Lipinski definition) is 5. The highest BCUT2D eigenvalue weighted by Gasteiger charge is 2.14. The number of rotatable bonds is 6. The summed E-state index contributed by atoms with van der Waals surface area (Å²) >= 11 is 0. The van der Waals surface area contributed by atoms with E-state index in [-0.39, 0.29) is 18.4 Å². The van der Waals surface area contributed by atoms with Gasteiger partial charge >= 0.3 is 0 Å². The van der Waals surface area contributed by atoms with E-state index in [0.717, 1.165) is 11.1 Å². The van der Waals surface area contributed by atoms with Crippen molar-refractivity contribution in [3.63, 3.8) is 0 Å². The summed E-state index contributed by atoms with van der Waals surface area (Å²) in [5, 5.41) is 11.1. The van der Waals surface area contributed by atoms with Gasteiger partial charge < -0.3 is 9.84 Å². The van der Waals surface area contributed by atoms with Crippen molar-refractivity contribution >= 4 is 11.7 Å². The van der Waals surface area contributed by atoms with E-state index in [0.29, 0.717) is 24.0 Å². The van der Waals surface area contributed by atoms with Crippen molar-refractivity contribution in [1.29, 1.82) is 0 Å². The Hall–Kier alpha value is -2.96. The molecule has 0 bridgehead atoms. The molecule has 25 heavy (non-hydrogen) atoms. The summed E-state index contributed by atoms with van der Waals surface area (Å²) < 4.78 is 6.88. The Morgan fingerprint density at radius 1 is 1.28 bits per heavy atom. The molecule has 0 unspecified atom stereocenters. The van der Waals surface area contributed by atoms with Crippen LogP contribution >= 0.6 is 0 Å². The second-order valence-corrected chi connectivity index (χ2v) is 6.01. The predicted octanol–water partition coefficient (Wildman–Crippen LogP) is 3.06. The first-order valence-corrected chi connectivity index (χ1v) is 8.22. The van der Waals surface area contributed by atoms with Gasteiger partial charge in [-0.1, -0.05) is 35.5 Å². The minimum atomic E-state index is -0.128. The van der Waals surface area contributed by atoms with Gasteiger partial charge in [0.1, 0.15) is 0 Å². The van der Waals surface area contributed by atoms with Crippen LogP contribution in [0.25, 0.3) is 0 Å². The molecule has 0 spiro atoms. The first kappa shape index (κ1) is 16.9. The zero-order valence-corrected chi connectivity index (χ0v) is 14.6. The van der Waals surface area contributed by atoms with E-state index in [1.54, 1.807) is 6.92 Å². The Kier molecular flexibility index (Phi) is 4.92. The van der Waals surface area contributed by atoms with Crippen molar-refractivity contribution in [2.24, 2.45) is 0 Å². The van der Waals surface area contributed by atoms with Crippen LogP contribution in [0, 0.1) is 13.8 Å². The van der Waals surface area contributed by atoms with Crippen molar-refractivity contribution in [1.82, 2.24) is 19.9 Å². The summed E-state index contributed by atoms with van der Waals surface area (Å²) in [5.41, 5.74) is 2.08. The maximum absolute atomic E-state index is 12.1. The predicted molar refractivity (Wildman–Crippen MR) is 93.2 cm³/mol. The number of nitrogens with zero attached hydrogens (tertiary/aromatic N) is 4. The molecule has 1 atom stereocenters. The van der Waals surface area contributed by atoms with Gasteiger partial charge in [0.25, 0.3) is 0 Å². The molecule has 2 heterocycles. The van der Waals surface area contributed by atoms with E-state index < -0.39 is 0 Å². The Balaban J connectivity index is 1.63. The molecule has 7 nitrogen and oxygen atoms in total. The SMILES string of the molecule is Cc1noc(CCC(=O)Nc2nn([C@H](C)c3ccccc3)cc2C)n1. The first-order chi connectivity index (χ1) is 12.0. The van der Waals surface area contributed by atoms with E-state index >= 15 is 0 Å². The lowest BCUT2D eigenvalue weighted by Gasteiger charge is -2.12. The van der Waals surface area contributed by atoms with Crippen molar-refractivity contribution in [2.45, 2.75) is 39.7 Å². The topological polar surface area (TPSA) is 85.8 Å². The molecule has 3 rings (SSSR count). The summed E-state index contributed by atoms with van der Waals surface area (Å²) in [6.07, 6.45) is 2.61. The van der Waals surface area contributed by atoms with Crippen LogP contribution in [0.15, 0.2) is 41.1 Å². The standard InChI is InChI=1S/C18H21N5O2/c1-12-11-23(13(2)15-7-5-4-6-8-15)21-18(12)20-16(24)9-10-17-19-14(3)22-25-17/h4-8,11,13H,9-10H2,1-3H3,(H,20,21,24)/t13-/m1/s1. The summed E-state index contributed by atoms with van der Waals surface area (Å²) in [6, 6.07) is 10.2. The number of carbonyl (C=O) groups excluding carboxylic acids is 1. The van der Waals surface area contributed by atoms with Gasteiger partial charge in [-0.3, -0.25) is 9.48 Å². The van der Waals surface area contributed by atoms with Crippen LogP contribution in [0.3, 0.4) is 0 Å². The highest BCUT2D eigenvalue weighted by Crippen LogP contribution is 2.21. The monoisotopic (exact) mass is 339 g/mol. The number of nitrogens with one attached hydrogen (secondary N) is 1. The lowest BCUT2D eigenvalue weighted by Crippen LogP contribution is -2.14. The van der Waals surface area contributed by atoms with Gasteiger partial charge in [0.15, 0.2) is 11.6 Å². The van der Waals surface area contributed by atoms with Crippen LogP contribution in [-0.2, 0) is 11.2 Å². The third-order valence-corrected chi connectivity index (χ3v) is 3.99. The van der Waals surface area contributed by atoms with Gasteiger partial charge in [-0.15, -0.1) is 0 Å². The Labute approximate surface area is 146 Å². The second-order valence-electron chi connectivity index (χ2n) is 6.01. The van der Waals surface area contributed by atoms with Crippen molar-refractivity contribution in [3.8, 4) is 0 Å². The summed E-state index contributed by atoms with van der Waals surface area (Å²) in [5.74, 6) is 1.48. The van der Waals surface area contributed by atoms with Crippen molar-refractivity contribution < 1.29 is 9.32 Å². The van der Waals surface area contributed by atoms with E-state index in [2.05, 4.69) is 39.6 Å². The molecule has 0 saturated heterocycles. The number of aryl methyl sites for hydroxylation is 3. The first-order valence-electron chi connectivity index (χ1n) is 8.22. The van der Waals surface area contributed by atoms with Crippen molar-refractivity contribution in [2.75, 3.05) is 5.32 Å². The normalized spacial score (nSPS) is 12.1. The maximum atomic E-state index is 12.1. The highest BCUT2D eigenvalue weighted by molar-refractivity contribution is 5.90. The molecule has 0 aliphatic rings. The van der Waals surface area contributed by atoms with Gasteiger partial charge in [-0.2, -0.15) is 10.1 Å². The molecule has 0 radical (unpaired) electrons. The summed E-state index contributed by atoms with van der Waals surface area (Å²) in [7, 11) is 0. The molecule has 1 amide bonds. The van der Waals surface area contributed by atoms with Crippen LogP contribution in [-0.4, -0.2) is 25.8 Å². The van der Waals surface area contributed by atoms with Gasteiger partial charge in [-0.05, 0) is 26.3 Å². The molecule has 0 saturated carbocycles. The second kappa shape index (κ2) is 7.29. The van der Waals surface area contributed by atoms with E-state index in [1.807, 2.05) is 36.0 Å². The van der Waals surface area contributed by atoms with Gasteiger partial charge in [0, 0.05) is 24.6 Å². The van der Waals surface area contributed by atoms with Gasteiger partial charge in [-0.25, -0.2) is 0 Å². The Morgan fingerprint density at radius 3 is 2.72 bits per heavy atom. The third kappa shape index (κ3) is 4.12. The largest absolute Gasteiger partial charge is 0.339 e. The average Bonchev–Trinajstić information content (AvgIpc) is 3.19. The van der Waals surface area contributed by atoms with Gasteiger partial charge in [0.05, 0.1) is 6.04 Å². The minimum Gasteiger partial charge on any atom is -0.339 e. The lowest BCUT2D eigenvalue weighted by atomic mass is 10.1. The number of amides is 1. The number of anilines is 1. The Bertz CT molecular complexity index is 853. The third-order valence-electron chi connectivity index (χ3n) is 3.99. The molecule has 0 fully saturated rings. The molecule has 0 aliphatic heterocycles. The van der Waals surface area contributed by atoms with Gasteiger partial charge in [0.2, 0.25) is 11.8 Å². The number of benzene rings is 1. The number of aromatic nitrogens is 4. The fourth-order valence-electron chi connectivity index (χ4n) is 2.55. The van der Waals surface area contributed by atoms with Crippen LogP contribution < -0.4 is 5.32 Å². The fourth-order valence-corrected chi connectivity index (χ4v) is 2.55. The molecule has 1 aromatic carbocycles. The van der Waals surface area contributed by atoms with Crippen molar-refractivity contribution in [3.05, 3.63) is 59.4 Å².